The van der Waals surface area contributed by atoms with Crippen molar-refractivity contribution >= 4 is 17.4 Å². The maximum Gasteiger partial charge on any atom is 0.315 e. The number of hydrogen-bond donors (Lipinski definition) is 3. The molecule has 0 aliphatic carbocycles. The van der Waals surface area contributed by atoms with Crippen molar-refractivity contribution in [2.45, 2.75) is 26.0 Å². The van der Waals surface area contributed by atoms with Crippen LogP contribution in [0.2, 0.25) is 0 Å². The van der Waals surface area contributed by atoms with Gasteiger partial charge in [0.25, 0.3) is 0 Å². The van der Waals surface area contributed by atoms with Crippen molar-refractivity contribution in [2.75, 3.05) is 6.54 Å². The van der Waals surface area contributed by atoms with Crippen molar-refractivity contribution in [3.8, 4) is 0 Å². The summed E-state index contributed by atoms with van der Waals surface area (Å²) < 4.78 is 1.61. The fraction of sp³-hybridized carbons (Fsp3) is 0.429. The summed E-state index contributed by atoms with van der Waals surface area (Å²) in [6.07, 6.45) is 3.32. The number of urea groups is 1. The zero-order valence-corrected chi connectivity index (χ0v) is 13.2. The van der Waals surface area contributed by atoms with Crippen molar-refractivity contribution in [3.63, 3.8) is 0 Å². The lowest BCUT2D eigenvalue weighted by Crippen LogP contribution is -2.43. The van der Waals surface area contributed by atoms with Crippen LogP contribution >= 0.6 is 11.3 Å². The van der Waals surface area contributed by atoms with Gasteiger partial charge in [-0.2, -0.15) is 5.10 Å². The van der Waals surface area contributed by atoms with E-state index in [0.29, 0.717) is 12.1 Å². The molecule has 0 saturated carbocycles. The molecule has 0 spiro atoms. The van der Waals surface area contributed by atoms with Crippen LogP contribution < -0.4 is 10.6 Å². The Bertz CT molecular complexity index is 618. The SMILES string of the molecule is Cc1ccsc1CNC(=O)NCC(C)(O)c1cnn(C)c1. The number of rotatable bonds is 5. The van der Waals surface area contributed by atoms with Gasteiger partial charge in [-0.05, 0) is 30.9 Å². The molecule has 1 atom stereocenters. The van der Waals surface area contributed by atoms with Gasteiger partial charge in [0.1, 0.15) is 5.60 Å². The van der Waals surface area contributed by atoms with Crippen LogP contribution in [0.5, 0.6) is 0 Å². The lowest BCUT2D eigenvalue weighted by molar-refractivity contribution is 0.0593. The molecular formula is C14H20N4O2S. The Kier molecular flexibility index (Phi) is 4.64. The Morgan fingerprint density at radius 1 is 1.52 bits per heavy atom. The molecule has 2 aromatic rings. The normalized spacial score (nSPS) is 13.7. The molecule has 21 heavy (non-hydrogen) atoms. The van der Waals surface area contributed by atoms with Gasteiger partial charge in [0.15, 0.2) is 0 Å². The Balaban J connectivity index is 1.82. The Labute approximate surface area is 127 Å². The number of carbonyl (C=O) groups excluding carboxylic acids is 1. The van der Waals surface area contributed by atoms with Gasteiger partial charge in [0.2, 0.25) is 0 Å². The zero-order chi connectivity index (χ0) is 15.5. The highest BCUT2D eigenvalue weighted by Gasteiger charge is 2.25. The summed E-state index contributed by atoms with van der Waals surface area (Å²) in [6, 6.07) is 1.72. The van der Waals surface area contributed by atoms with Gasteiger partial charge in [0, 0.05) is 23.7 Å². The van der Waals surface area contributed by atoms with E-state index in [1.54, 1.807) is 42.4 Å². The van der Waals surface area contributed by atoms with Crippen molar-refractivity contribution in [2.24, 2.45) is 7.05 Å². The largest absolute Gasteiger partial charge is 0.383 e. The third kappa shape index (κ3) is 4.05. The number of aliphatic hydroxyl groups is 1. The second kappa shape index (κ2) is 6.28. The molecule has 0 aliphatic rings. The molecule has 3 N–H and O–H groups in total. The summed E-state index contributed by atoms with van der Waals surface area (Å²) in [5, 5.41) is 21.8. The standard InChI is InChI=1S/C14H20N4O2S/c1-10-4-5-21-12(10)7-15-13(19)16-9-14(2,20)11-6-17-18(3)8-11/h4-6,8,20H,7,9H2,1-3H3,(H2,15,16,19). The highest BCUT2D eigenvalue weighted by molar-refractivity contribution is 7.10. The third-order valence-corrected chi connectivity index (χ3v) is 4.32. The van der Waals surface area contributed by atoms with E-state index in [-0.39, 0.29) is 12.6 Å². The monoisotopic (exact) mass is 308 g/mol. The number of nitrogens with zero attached hydrogens (tertiary/aromatic N) is 2. The number of hydrogen-bond acceptors (Lipinski definition) is 4. The van der Waals surface area contributed by atoms with E-state index in [4.69, 9.17) is 0 Å². The Morgan fingerprint density at radius 3 is 2.86 bits per heavy atom. The van der Waals surface area contributed by atoms with E-state index in [0.717, 1.165) is 4.88 Å². The average Bonchev–Trinajstić information content (AvgIpc) is 3.03. The van der Waals surface area contributed by atoms with Gasteiger partial charge in [-0.25, -0.2) is 4.79 Å². The molecule has 0 saturated heterocycles. The number of nitrogens with one attached hydrogen (secondary N) is 2. The van der Waals surface area contributed by atoms with Gasteiger partial charge < -0.3 is 15.7 Å². The molecule has 0 aliphatic heterocycles. The van der Waals surface area contributed by atoms with Crippen molar-refractivity contribution in [1.82, 2.24) is 20.4 Å². The molecule has 6 nitrogen and oxygen atoms in total. The first-order chi connectivity index (χ1) is 9.88. The van der Waals surface area contributed by atoms with Crippen LogP contribution in [0, 0.1) is 6.92 Å². The minimum atomic E-state index is -1.15. The molecule has 0 aromatic carbocycles. The van der Waals surface area contributed by atoms with Crippen LogP contribution in [0.1, 0.15) is 22.9 Å². The summed E-state index contributed by atoms with van der Waals surface area (Å²) >= 11 is 1.61. The van der Waals surface area contributed by atoms with E-state index in [1.807, 2.05) is 18.4 Å². The lowest BCUT2D eigenvalue weighted by atomic mass is 10.00. The highest BCUT2D eigenvalue weighted by Crippen LogP contribution is 2.18. The molecular weight excluding hydrogens is 288 g/mol. The molecule has 114 valence electrons. The number of thiophene rings is 1. The Hall–Kier alpha value is -1.86. The molecule has 2 rings (SSSR count). The fourth-order valence-electron chi connectivity index (χ4n) is 1.86. The summed E-state index contributed by atoms with van der Waals surface area (Å²) in [5.41, 5.74) is 0.687. The second-order valence-corrected chi connectivity index (χ2v) is 6.24. The maximum absolute atomic E-state index is 11.8. The second-order valence-electron chi connectivity index (χ2n) is 5.24. The third-order valence-electron chi connectivity index (χ3n) is 3.30. The average molecular weight is 308 g/mol. The van der Waals surface area contributed by atoms with Crippen LogP contribution in [0.25, 0.3) is 0 Å². The Morgan fingerprint density at radius 2 is 2.29 bits per heavy atom. The smallest absolute Gasteiger partial charge is 0.315 e. The first-order valence-corrected chi connectivity index (χ1v) is 7.52. The molecule has 2 aromatic heterocycles. The van der Waals surface area contributed by atoms with Crippen molar-refractivity contribution < 1.29 is 9.90 Å². The molecule has 2 heterocycles. The minimum absolute atomic E-state index is 0.119. The zero-order valence-electron chi connectivity index (χ0n) is 12.4. The van der Waals surface area contributed by atoms with E-state index >= 15 is 0 Å². The molecule has 2 amide bonds. The minimum Gasteiger partial charge on any atom is -0.383 e. The van der Waals surface area contributed by atoms with E-state index in [9.17, 15) is 9.90 Å². The summed E-state index contributed by atoms with van der Waals surface area (Å²) in [6.45, 7) is 4.27. The number of aromatic nitrogens is 2. The fourth-order valence-corrected chi connectivity index (χ4v) is 2.71. The molecule has 7 heteroatoms. The van der Waals surface area contributed by atoms with E-state index < -0.39 is 5.60 Å². The van der Waals surface area contributed by atoms with Crippen LogP contribution in [-0.4, -0.2) is 27.5 Å². The van der Waals surface area contributed by atoms with Gasteiger partial charge >= 0.3 is 6.03 Å². The topological polar surface area (TPSA) is 79.2 Å². The quantitative estimate of drug-likeness (QED) is 0.783. The van der Waals surface area contributed by atoms with Gasteiger partial charge in [0.05, 0.1) is 19.3 Å². The molecule has 0 radical (unpaired) electrons. The van der Waals surface area contributed by atoms with E-state index in [1.165, 1.54) is 5.56 Å². The van der Waals surface area contributed by atoms with Crippen LogP contribution in [0.3, 0.4) is 0 Å². The molecule has 0 fully saturated rings. The van der Waals surface area contributed by atoms with Gasteiger partial charge in [-0.1, -0.05) is 0 Å². The molecule has 0 bridgehead atoms. The highest BCUT2D eigenvalue weighted by atomic mass is 32.1. The van der Waals surface area contributed by atoms with Gasteiger partial charge in [-0.3, -0.25) is 4.68 Å². The summed E-state index contributed by atoms with van der Waals surface area (Å²) in [4.78, 5) is 12.9. The molecule has 1 unspecified atom stereocenters. The van der Waals surface area contributed by atoms with Crippen LogP contribution in [-0.2, 0) is 19.2 Å². The van der Waals surface area contributed by atoms with Crippen molar-refractivity contribution in [1.29, 1.82) is 0 Å². The van der Waals surface area contributed by atoms with Crippen LogP contribution in [0.4, 0.5) is 4.79 Å². The van der Waals surface area contributed by atoms with Gasteiger partial charge in [-0.15, -0.1) is 11.3 Å². The first-order valence-electron chi connectivity index (χ1n) is 6.64. The predicted molar refractivity (Wildman–Crippen MR) is 82.1 cm³/mol. The lowest BCUT2D eigenvalue weighted by Gasteiger charge is -2.22. The summed E-state index contributed by atoms with van der Waals surface area (Å²) in [5.74, 6) is 0. The number of aryl methyl sites for hydroxylation is 2. The van der Waals surface area contributed by atoms with E-state index in [2.05, 4.69) is 15.7 Å². The van der Waals surface area contributed by atoms with Crippen molar-refractivity contribution in [3.05, 3.63) is 39.8 Å². The number of amides is 2. The summed E-state index contributed by atoms with van der Waals surface area (Å²) in [7, 11) is 1.78. The maximum atomic E-state index is 11.8. The predicted octanol–water partition coefficient (Wildman–Crippen LogP) is 1.50. The first kappa shape index (κ1) is 15.5. The van der Waals surface area contributed by atoms with Crippen LogP contribution in [0.15, 0.2) is 23.8 Å². The number of carbonyl (C=O) groups is 1.